The topological polar surface area (TPSA) is 29.6 Å². The molecular weight excluding hydrogens is 667 g/mol. The molecule has 0 saturated heterocycles. The number of aliphatic imine (C=N–C) groups is 2. The summed E-state index contributed by atoms with van der Waals surface area (Å²) in [4.78, 5) is 10.5. The van der Waals surface area contributed by atoms with E-state index in [1.165, 1.54) is 54.8 Å². The SMILES string of the molecule is C=CC1(c2ccccc2)CC(c2ccc(-n3c4cc(-c5ccccc5)ccc4c4c5ccccc5c(-c5ccccc5)cc43)cc2)=NC(c2ccccc2)=N1. The summed E-state index contributed by atoms with van der Waals surface area (Å²) in [5.74, 6) is 0.714. The summed E-state index contributed by atoms with van der Waals surface area (Å²) in [6, 6.07) is 69.2. The summed E-state index contributed by atoms with van der Waals surface area (Å²) < 4.78 is 2.44. The Morgan fingerprint density at radius 2 is 1.07 bits per heavy atom. The second-order valence-corrected chi connectivity index (χ2v) is 14.2. The van der Waals surface area contributed by atoms with Gasteiger partial charge < -0.3 is 4.57 Å². The van der Waals surface area contributed by atoms with Crippen LogP contribution in [0.3, 0.4) is 0 Å². The molecule has 0 fully saturated rings. The lowest BCUT2D eigenvalue weighted by Gasteiger charge is -2.32. The van der Waals surface area contributed by atoms with Crippen LogP contribution in [0.15, 0.2) is 217 Å². The molecule has 1 aliphatic rings. The number of hydrogen-bond donors (Lipinski definition) is 0. The molecule has 0 saturated carbocycles. The van der Waals surface area contributed by atoms with Gasteiger partial charge in [-0.2, -0.15) is 0 Å². The molecule has 0 spiro atoms. The molecule has 10 rings (SSSR count). The van der Waals surface area contributed by atoms with Crippen molar-refractivity contribution in [3.05, 3.63) is 223 Å². The van der Waals surface area contributed by atoms with Gasteiger partial charge in [-0.3, -0.25) is 0 Å². The molecule has 1 unspecified atom stereocenters. The van der Waals surface area contributed by atoms with E-state index < -0.39 is 5.54 Å². The normalized spacial score (nSPS) is 15.6. The molecule has 0 amide bonds. The van der Waals surface area contributed by atoms with Crippen LogP contribution in [0.5, 0.6) is 0 Å². The Balaban J connectivity index is 1.18. The summed E-state index contributed by atoms with van der Waals surface area (Å²) in [6.07, 6.45) is 2.59. The number of aromatic nitrogens is 1. The molecule has 1 aromatic heterocycles. The summed E-state index contributed by atoms with van der Waals surface area (Å²) in [7, 11) is 0. The van der Waals surface area contributed by atoms with E-state index in [0.717, 1.165) is 28.1 Å². The number of benzene rings is 8. The van der Waals surface area contributed by atoms with Crippen molar-refractivity contribution in [2.45, 2.75) is 12.0 Å². The van der Waals surface area contributed by atoms with Crippen molar-refractivity contribution in [3.63, 3.8) is 0 Å². The molecule has 1 aliphatic heterocycles. The van der Waals surface area contributed by atoms with Crippen LogP contribution in [0.2, 0.25) is 0 Å². The number of hydrogen-bond acceptors (Lipinski definition) is 2. The molecule has 0 N–H and O–H groups in total. The fourth-order valence-electron chi connectivity index (χ4n) is 8.31. The van der Waals surface area contributed by atoms with Crippen molar-refractivity contribution in [1.82, 2.24) is 4.57 Å². The van der Waals surface area contributed by atoms with Crippen LogP contribution in [0.1, 0.15) is 23.1 Å². The maximum atomic E-state index is 5.27. The van der Waals surface area contributed by atoms with E-state index in [0.29, 0.717) is 12.3 Å². The van der Waals surface area contributed by atoms with Crippen LogP contribution in [-0.2, 0) is 5.54 Å². The van der Waals surface area contributed by atoms with Crippen molar-refractivity contribution in [2.24, 2.45) is 9.98 Å². The lowest BCUT2D eigenvalue weighted by atomic mass is 9.82. The average Bonchev–Trinajstić information content (AvgIpc) is 3.61. The number of fused-ring (bicyclic) bond motifs is 5. The first-order valence-corrected chi connectivity index (χ1v) is 18.8. The third kappa shape index (κ3) is 5.60. The molecule has 3 heteroatoms. The summed E-state index contributed by atoms with van der Waals surface area (Å²) in [6.45, 7) is 4.31. The van der Waals surface area contributed by atoms with Gasteiger partial charge in [-0.1, -0.05) is 176 Å². The smallest absolute Gasteiger partial charge is 0.156 e. The van der Waals surface area contributed by atoms with E-state index in [9.17, 15) is 0 Å². The Labute approximate surface area is 320 Å². The highest BCUT2D eigenvalue weighted by atomic mass is 15.0. The van der Waals surface area contributed by atoms with Gasteiger partial charge in [0.15, 0.2) is 5.84 Å². The second-order valence-electron chi connectivity index (χ2n) is 14.2. The molecule has 8 aromatic carbocycles. The zero-order valence-corrected chi connectivity index (χ0v) is 30.3. The van der Waals surface area contributed by atoms with E-state index in [1.54, 1.807) is 0 Å². The second kappa shape index (κ2) is 13.4. The van der Waals surface area contributed by atoms with E-state index in [4.69, 9.17) is 9.98 Å². The van der Waals surface area contributed by atoms with Crippen LogP contribution in [-0.4, -0.2) is 16.1 Å². The van der Waals surface area contributed by atoms with Gasteiger partial charge in [0.2, 0.25) is 0 Å². The highest BCUT2D eigenvalue weighted by Gasteiger charge is 2.34. The first kappa shape index (κ1) is 32.5. The molecule has 0 bridgehead atoms. The largest absolute Gasteiger partial charge is 0.309 e. The Morgan fingerprint density at radius 1 is 0.491 bits per heavy atom. The fourth-order valence-corrected chi connectivity index (χ4v) is 8.31. The van der Waals surface area contributed by atoms with Crippen molar-refractivity contribution in [1.29, 1.82) is 0 Å². The third-order valence-corrected chi connectivity index (χ3v) is 11.0. The van der Waals surface area contributed by atoms with Crippen molar-refractivity contribution < 1.29 is 0 Å². The molecule has 3 nitrogen and oxygen atoms in total. The summed E-state index contributed by atoms with van der Waals surface area (Å²) in [5.41, 5.74) is 11.7. The van der Waals surface area contributed by atoms with E-state index in [2.05, 4.69) is 181 Å². The van der Waals surface area contributed by atoms with Gasteiger partial charge in [-0.25, -0.2) is 9.98 Å². The molecular formula is C52H37N3. The predicted octanol–water partition coefficient (Wildman–Crippen LogP) is 13.0. The van der Waals surface area contributed by atoms with Crippen molar-refractivity contribution in [3.8, 4) is 27.9 Å². The van der Waals surface area contributed by atoms with Gasteiger partial charge in [0, 0.05) is 28.4 Å². The molecule has 1 atom stereocenters. The van der Waals surface area contributed by atoms with E-state index in [-0.39, 0.29) is 0 Å². The molecule has 55 heavy (non-hydrogen) atoms. The Hall–Kier alpha value is -7.10. The van der Waals surface area contributed by atoms with Crippen LogP contribution < -0.4 is 0 Å². The number of rotatable bonds is 7. The minimum Gasteiger partial charge on any atom is -0.309 e. The zero-order chi connectivity index (χ0) is 36.8. The molecule has 0 radical (unpaired) electrons. The van der Waals surface area contributed by atoms with Gasteiger partial charge in [-0.05, 0) is 68.4 Å². The minimum absolute atomic E-state index is 0.610. The lowest BCUT2D eigenvalue weighted by molar-refractivity contribution is 0.585. The first-order valence-electron chi connectivity index (χ1n) is 18.8. The third-order valence-electron chi connectivity index (χ3n) is 11.0. The Kier molecular flexibility index (Phi) is 7.92. The fraction of sp³-hybridized carbons (Fsp3) is 0.0385. The highest BCUT2D eigenvalue weighted by molar-refractivity contribution is 6.24. The molecule has 2 heterocycles. The summed E-state index contributed by atoms with van der Waals surface area (Å²) >= 11 is 0. The maximum Gasteiger partial charge on any atom is 0.156 e. The maximum absolute atomic E-state index is 5.27. The summed E-state index contributed by atoms with van der Waals surface area (Å²) in [5, 5.41) is 4.98. The van der Waals surface area contributed by atoms with Gasteiger partial charge >= 0.3 is 0 Å². The average molecular weight is 704 g/mol. The molecule has 0 aliphatic carbocycles. The van der Waals surface area contributed by atoms with Crippen LogP contribution >= 0.6 is 0 Å². The standard InChI is InChI=1S/C52H37N3/c1-2-52(41-23-13-6-14-24-41)35-47(53-51(54-52)39-21-11-5-12-22-39)38-27-30-42(31-28-38)55-48-33-40(36-17-7-3-8-18-36)29-32-45(48)50-44-26-16-15-25-43(44)46(34-49(50)55)37-19-9-4-10-20-37/h2-34H,1,35H2. The number of amidine groups is 1. The zero-order valence-electron chi connectivity index (χ0n) is 30.3. The monoisotopic (exact) mass is 703 g/mol. The predicted molar refractivity (Wildman–Crippen MR) is 232 cm³/mol. The van der Waals surface area contributed by atoms with Crippen LogP contribution in [0, 0.1) is 0 Å². The highest BCUT2D eigenvalue weighted by Crippen LogP contribution is 2.43. The number of nitrogens with zero attached hydrogens (tertiary/aromatic N) is 3. The Bertz CT molecular complexity index is 2920. The van der Waals surface area contributed by atoms with Crippen LogP contribution in [0.25, 0.3) is 60.5 Å². The van der Waals surface area contributed by atoms with E-state index >= 15 is 0 Å². The quantitative estimate of drug-likeness (QED) is 0.148. The van der Waals surface area contributed by atoms with Gasteiger partial charge in [0.1, 0.15) is 5.54 Å². The minimum atomic E-state index is -0.641. The molecule has 260 valence electrons. The first-order chi connectivity index (χ1) is 27.2. The van der Waals surface area contributed by atoms with Crippen LogP contribution in [0.4, 0.5) is 0 Å². The molecule has 9 aromatic rings. The van der Waals surface area contributed by atoms with Gasteiger partial charge in [-0.15, -0.1) is 6.58 Å². The van der Waals surface area contributed by atoms with Gasteiger partial charge in [0.05, 0.1) is 16.7 Å². The Morgan fingerprint density at radius 3 is 1.75 bits per heavy atom. The van der Waals surface area contributed by atoms with Crippen molar-refractivity contribution in [2.75, 3.05) is 0 Å². The lowest BCUT2D eigenvalue weighted by Crippen LogP contribution is -2.31. The van der Waals surface area contributed by atoms with Gasteiger partial charge in [0.25, 0.3) is 0 Å². The van der Waals surface area contributed by atoms with E-state index in [1.807, 2.05) is 30.3 Å². The van der Waals surface area contributed by atoms with Crippen molar-refractivity contribution >= 4 is 44.1 Å².